The highest BCUT2D eigenvalue weighted by Gasteiger charge is 2.52. The van der Waals surface area contributed by atoms with E-state index in [0.717, 1.165) is 0 Å². The van der Waals surface area contributed by atoms with Crippen LogP contribution in [0.25, 0.3) is 0 Å². The molecule has 332 valence electrons. The third-order valence-corrected chi connectivity index (χ3v) is 12.9. The van der Waals surface area contributed by atoms with E-state index >= 15 is 0 Å². The van der Waals surface area contributed by atoms with Crippen molar-refractivity contribution in [3.63, 3.8) is 0 Å². The van der Waals surface area contributed by atoms with Crippen molar-refractivity contribution in [2.24, 2.45) is 17.8 Å². The lowest BCUT2D eigenvalue weighted by Crippen LogP contribution is -2.61. The zero-order chi connectivity index (χ0) is 43.2. The molecule has 3 heterocycles. The number of terminal acetylenes is 1. The fourth-order valence-corrected chi connectivity index (χ4v) is 9.17. The molecule has 0 bridgehead atoms. The average molecular weight is 817 g/mol. The van der Waals surface area contributed by atoms with Crippen molar-refractivity contribution in [2.45, 2.75) is 185 Å². The Kier molecular flexibility index (Phi) is 18.2. The van der Waals surface area contributed by atoms with Crippen LogP contribution in [0.5, 0.6) is 0 Å². The third kappa shape index (κ3) is 12.1. The summed E-state index contributed by atoms with van der Waals surface area (Å²) in [6, 6.07) is -0.940. The number of carbonyl (C=O) groups is 1. The Balaban J connectivity index is 2.14. The second kappa shape index (κ2) is 20.9. The molecular weight excluding hydrogens is 740 g/mol. The molecule has 3 rings (SSSR count). The number of likely N-dealkylation sites (N-methyl/N-ethyl adjacent to an activating group) is 2. The molecule has 3 aliphatic heterocycles. The molecule has 0 spiro atoms. The van der Waals surface area contributed by atoms with Crippen molar-refractivity contribution in [1.29, 1.82) is 0 Å². The lowest BCUT2D eigenvalue weighted by molar-refractivity contribution is -0.318. The van der Waals surface area contributed by atoms with Gasteiger partial charge in [-0.15, -0.1) is 6.42 Å². The Morgan fingerprint density at radius 3 is 2.25 bits per heavy atom. The Morgan fingerprint density at radius 2 is 1.65 bits per heavy atom. The van der Waals surface area contributed by atoms with Gasteiger partial charge in [-0.3, -0.25) is 9.69 Å². The maximum Gasteiger partial charge on any atom is 0.311 e. The van der Waals surface area contributed by atoms with Crippen molar-refractivity contribution < 1.29 is 63.5 Å². The molecule has 0 amide bonds. The van der Waals surface area contributed by atoms with Crippen LogP contribution in [0.1, 0.15) is 94.9 Å². The van der Waals surface area contributed by atoms with Gasteiger partial charge in [-0.1, -0.05) is 26.7 Å². The summed E-state index contributed by atoms with van der Waals surface area (Å²) in [7, 11) is 5.22. The zero-order valence-electron chi connectivity index (χ0n) is 36.8. The Bertz CT molecular complexity index is 1300. The van der Waals surface area contributed by atoms with Gasteiger partial charge in [0.25, 0.3) is 0 Å². The summed E-state index contributed by atoms with van der Waals surface area (Å²) in [4.78, 5) is 18.2. The van der Waals surface area contributed by atoms with E-state index in [1.54, 1.807) is 41.5 Å². The van der Waals surface area contributed by atoms with Gasteiger partial charge in [-0.25, -0.2) is 0 Å². The number of esters is 1. The first-order valence-corrected chi connectivity index (χ1v) is 20.7. The van der Waals surface area contributed by atoms with E-state index in [0.29, 0.717) is 26.1 Å². The molecule has 0 aromatic heterocycles. The maximum atomic E-state index is 14.3. The molecule has 3 saturated heterocycles. The van der Waals surface area contributed by atoms with E-state index in [1.807, 2.05) is 44.7 Å². The highest BCUT2D eigenvalue weighted by atomic mass is 16.7. The van der Waals surface area contributed by atoms with Crippen LogP contribution >= 0.6 is 0 Å². The number of rotatable bonds is 11. The molecule has 57 heavy (non-hydrogen) atoms. The first kappa shape index (κ1) is 49.9. The Morgan fingerprint density at radius 1 is 1.00 bits per heavy atom. The monoisotopic (exact) mass is 817 g/mol. The lowest BCUT2D eigenvalue weighted by Gasteiger charge is -2.49. The first-order valence-electron chi connectivity index (χ1n) is 20.7. The van der Waals surface area contributed by atoms with Gasteiger partial charge in [0.05, 0.1) is 48.1 Å². The third-order valence-electron chi connectivity index (χ3n) is 12.9. The van der Waals surface area contributed by atoms with E-state index in [-0.39, 0.29) is 43.9 Å². The van der Waals surface area contributed by atoms with Crippen molar-refractivity contribution in [3.8, 4) is 12.3 Å². The molecule has 0 aliphatic carbocycles. The number of hydrogen-bond acceptors (Lipinski definition) is 15. The zero-order valence-corrected chi connectivity index (χ0v) is 36.8. The highest BCUT2D eigenvalue weighted by Crippen LogP contribution is 2.40. The van der Waals surface area contributed by atoms with Crippen LogP contribution in [0.2, 0.25) is 0 Å². The summed E-state index contributed by atoms with van der Waals surface area (Å²) in [6.45, 7) is 19.0. The predicted molar refractivity (Wildman–Crippen MR) is 213 cm³/mol. The van der Waals surface area contributed by atoms with Crippen molar-refractivity contribution in [1.82, 2.24) is 9.80 Å². The van der Waals surface area contributed by atoms with E-state index < -0.39 is 96.0 Å². The second-order valence-corrected chi connectivity index (χ2v) is 17.9. The van der Waals surface area contributed by atoms with E-state index in [1.165, 1.54) is 14.0 Å². The van der Waals surface area contributed by atoms with Crippen molar-refractivity contribution >= 4 is 5.97 Å². The van der Waals surface area contributed by atoms with Crippen LogP contribution in [0.4, 0.5) is 0 Å². The van der Waals surface area contributed by atoms with Gasteiger partial charge in [0.15, 0.2) is 12.6 Å². The van der Waals surface area contributed by atoms with E-state index in [4.69, 9.17) is 39.6 Å². The largest absolute Gasteiger partial charge is 0.459 e. The number of aliphatic hydroxyl groups excluding tert-OH is 3. The van der Waals surface area contributed by atoms with Gasteiger partial charge < -0.3 is 63.6 Å². The molecular formula is C42H76N2O13. The summed E-state index contributed by atoms with van der Waals surface area (Å²) in [5, 5.41) is 58.8. The normalized spacial score (nSPS) is 46.1. The molecule has 0 aromatic carbocycles. The fraction of sp³-hybridized carbons (Fsp3) is 0.929. The van der Waals surface area contributed by atoms with Crippen LogP contribution in [0.3, 0.4) is 0 Å². The SMILES string of the molecule is C#CCOCCN(C)[C@H]1C[C@@H](C)O[C@@H](O[C@@H]2[C@@H](C)[C@H](O[C@@H]3C[C@@](C)(OC)[C@@H](O)[C@H](C)O3)[C@@H](C)C(=O)O[C@H](CC)[C@@](C)(O)[C@H](O)[C@@H](C)N(C)C[C@H](C)C[C@@]2(C)O)[C@@H]1O. The minimum Gasteiger partial charge on any atom is -0.459 e. The number of hydrogen-bond donors (Lipinski definition) is 5. The molecule has 15 nitrogen and oxygen atoms in total. The molecule has 18 atom stereocenters. The first-order chi connectivity index (χ1) is 26.4. The topological polar surface area (TPSA) is 189 Å². The number of ether oxygens (including phenoxy) is 7. The number of cyclic esters (lactones) is 1. The summed E-state index contributed by atoms with van der Waals surface area (Å²) in [5.41, 5.74) is -4.46. The molecule has 15 heteroatoms. The predicted octanol–water partition coefficient (Wildman–Crippen LogP) is 1.92. The standard InChI is InChI=1S/C42H76N2O13/c1-15-18-52-19-17-43(12)30-20-25(4)53-39(33(30)45)57-37-26(5)34(56-32-22-41(10,51-14)36(47)29(8)54-32)27(6)38(48)55-31(16-2)42(11,50)35(46)28(7)44(13)23-24(3)21-40(37,9)49/h1,24-37,39,45-47,49-50H,16-23H2,2-14H3/t24-,25-,26+,27-,28-,29+,30+,31-,32-,33-,34+,35-,36+,37-,39+,40-,41-,42-/m1/s1. The summed E-state index contributed by atoms with van der Waals surface area (Å²) in [6.07, 6.45) is -3.40. The van der Waals surface area contributed by atoms with Crippen LogP contribution in [-0.4, -0.2) is 179 Å². The van der Waals surface area contributed by atoms with Gasteiger partial charge >= 0.3 is 5.97 Å². The maximum absolute atomic E-state index is 14.3. The average Bonchev–Trinajstić information content (AvgIpc) is 3.14. The molecule has 0 aromatic rings. The number of carbonyl (C=O) groups excluding carboxylic acids is 1. The van der Waals surface area contributed by atoms with Crippen LogP contribution in [0.15, 0.2) is 0 Å². The molecule has 0 unspecified atom stereocenters. The minimum atomic E-state index is -1.82. The molecule has 0 saturated carbocycles. The van der Waals surface area contributed by atoms with Gasteiger partial charge in [-0.05, 0) is 87.7 Å². The van der Waals surface area contributed by atoms with Crippen molar-refractivity contribution in [3.05, 3.63) is 0 Å². The van der Waals surface area contributed by atoms with Crippen LogP contribution in [0, 0.1) is 30.1 Å². The quantitative estimate of drug-likeness (QED) is 0.116. The van der Waals surface area contributed by atoms with Crippen molar-refractivity contribution in [2.75, 3.05) is 47.5 Å². The van der Waals surface area contributed by atoms with Gasteiger partial charge in [0.1, 0.15) is 36.6 Å². The smallest absolute Gasteiger partial charge is 0.311 e. The molecule has 3 fully saturated rings. The lowest BCUT2D eigenvalue weighted by atomic mass is 9.77. The minimum absolute atomic E-state index is 0.114. The molecule has 5 N–H and O–H groups in total. The molecule has 0 radical (unpaired) electrons. The van der Waals surface area contributed by atoms with Gasteiger partial charge in [0.2, 0.25) is 0 Å². The van der Waals surface area contributed by atoms with E-state index in [9.17, 15) is 30.3 Å². The van der Waals surface area contributed by atoms with Gasteiger partial charge in [-0.2, -0.15) is 0 Å². The summed E-state index contributed by atoms with van der Waals surface area (Å²) >= 11 is 0. The highest BCUT2D eigenvalue weighted by molar-refractivity contribution is 5.73. The Hall–Kier alpha value is -1.49. The van der Waals surface area contributed by atoms with Gasteiger partial charge in [0, 0.05) is 44.6 Å². The van der Waals surface area contributed by atoms with Crippen LogP contribution < -0.4 is 0 Å². The number of nitrogens with zero attached hydrogens (tertiary/aromatic N) is 2. The summed E-state index contributed by atoms with van der Waals surface area (Å²) in [5.74, 6) is -0.246. The summed E-state index contributed by atoms with van der Waals surface area (Å²) < 4.78 is 43.3. The fourth-order valence-electron chi connectivity index (χ4n) is 9.17. The number of aliphatic hydroxyl groups is 5. The van der Waals surface area contributed by atoms with Crippen LogP contribution in [-0.2, 0) is 38.0 Å². The number of methoxy groups -OCH3 is 1. The molecule has 3 aliphatic rings. The Labute approximate surface area is 341 Å². The second-order valence-electron chi connectivity index (χ2n) is 17.9. The van der Waals surface area contributed by atoms with E-state index in [2.05, 4.69) is 5.92 Å².